The van der Waals surface area contributed by atoms with Gasteiger partial charge in [0.15, 0.2) is 0 Å². The topological polar surface area (TPSA) is 91.0 Å². The summed E-state index contributed by atoms with van der Waals surface area (Å²) in [6, 6.07) is 6.75. The molecule has 2 rings (SSSR count). The minimum absolute atomic E-state index is 0.00463. The summed E-state index contributed by atoms with van der Waals surface area (Å²) in [5.41, 5.74) is 0.779. The normalized spacial score (nSPS) is 15.0. The summed E-state index contributed by atoms with van der Waals surface area (Å²) >= 11 is 0. The summed E-state index contributed by atoms with van der Waals surface area (Å²) in [6.07, 6.45) is 0.793. The third-order valence-electron chi connectivity index (χ3n) is 4.76. The number of ether oxygens (including phenoxy) is 1. The van der Waals surface area contributed by atoms with Crippen molar-refractivity contribution >= 4 is 17.7 Å². The van der Waals surface area contributed by atoms with Crippen LogP contribution in [0, 0.1) is 0 Å². The molecule has 0 bridgehead atoms. The Bertz CT molecular complexity index is 720. The number of hydrogen-bond acceptors (Lipinski definition) is 5. The minimum atomic E-state index is -0.313. The standard InChI is InChI=1S/C22H34N4O4/c1-22(2,3)24-20(28)17-6-8-18(9-7-17)21(29)26-13-11-25(12-14-26)16-19(27)23-10-5-15-30-4/h6-9H,5,10-16H2,1-4H3,(H,23,27)(H,24,28). The van der Waals surface area contributed by atoms with Gasteiger partial charge in [0.25, 0.3) is 11.8 Å². The van der Waals surface area contributed by atoms with Crippen LogP contribution in [0.5, 0.6) is 0 Å². The van der Waals surface area contributed by atoms with Gasteiger partial charge in [0.1, 0.15) is 0 Å². The van der Waals surface area contributed by atoms with Gasteiger partial charge in [-0.3, -0.25) is 19.3 Å². The van der Waals surface area contributed by atoms with Crippen LogP contribution in [0.1, 0.15) is 47.9 Å². The van der Waals surface area contributed by atoms with Gasteiger partial charge in [0, 0.05) is 63.1 Å². The van der Waals surface area contributed by atoms with Crippen molar-refractivity contribution < 1.29 is 19.1 Å². The zero-order chi connectivity index (χ0) is 22.1. The molecule has 8 nitrogen and oxygen atoms in total. The van der Waals surface area contributed by atoms with E-state index < -0.39 is 0 Å². The highest BCUT2D eigenvalue weighted by Crippen LogP contribution is 2.12. The van der Waals surface area contributed by atoms with E-state index in [2.05, 4.69) is 15.5 Å². The van der Waals surface area contributed by atoms with Gasteiger partial charge in [-0.25, -0.2) is 0 Å². The van der Waals surface area contributed by atoms with Gasteiger partial charge in [-0.15, -0.1) is 0 Å². The number of piperazine rings is 1. The monoisotopic (exact) mass is 418 g/mol. The average Bonchev–Trinajstić information content (AvgIpc) is 2.70. The molecule has 0 aromatic heterocycles. The molecule has 1 heterocycles. The third-order valence-corrected chi connectivity index (χ3v) is 4.76. The molecule has 2 N–H and O–H groups in total. The minimum Gasteiger partial charge on any atom is -0.385 e. The van der Waals surface area contributed by atoms with E-state index in [-0.39, 0.29) is 23.3 Å². The predicted octanol–water partition coefficient (Wildman–Crippen LogP) is 1.13. The first-order valence-corrected chi connectivity index (χ1v) is 10.4. The van der Waals surface area contributed by atoms with Crippen molar-refractivity contribution in [1.82, 2.24) is 20.4 Å². The fourth-order valence-electron chi connectivity index (χ4n) is 3.17. The van der Waals surface area contributed by atoms with Gasteiger partial charge in [-0.2, -0.15) is 0 Å². The molecule has 1 aliphatic rings. The number of hydrogen-bond donors (Lipinski definition) is 2. The van der Waals surface area contributed by atoms with Gasteiger partial charge >= 0.3 is 0 Å². The number of carbonyl (C=O) groups is 3. The summed E-state index contributed by atoms with van der Waals surface area (Å²) in [5, 5.41) is 5.79. The molecule has 1 saturated heterocycles. The Morgan fingerprint density at radius 1 is 1.00 bits per heavy atom. The molecule has 0 atom stereocenters. The smallest absolute Gasteiger partial charge is 0.253 e. The van der Waals surface area contributed by atoms with Crippen molar-refractivity contribution in [3.8, 4) is 0 Å². The Morgan fingerprint density at radius 3 is 2.17 bits per heavy atom. The van der Waals surface area contributed by atoms with E-state index in [0.717, 1.165) is 6.42 Å². The fraction of sp³-hybridized carbons (Fsp3) is 0.591. The molecule has 1 fully saturated rings. The number of benzene rings is 1. The number of rotatable bonds is 8. The van der Waals surface area contributed by atoms with E-state index in [1.165, 1.54) is 0 Å². The van der Waals surface area contributed by atoms with Gasteiger partial charge < -0.3 is 20.3 Å². The van der Waals surface area contributed by atoms with Crippen LogP contribution in [0.25, 0.3) is 0 Å². The van der Waals surface area contributed by atoms with E-state index in [4.69, 9.17) is 4.74 Å². The van der Waals surface area contributed by atoms with E-state index in [9.17, 15) is 14.4 Å². The second kappa shape index (κ2) is 11.1. The van der Waals surface area contributed by atoms with Crippen molar-refractivity contribution in [1.29, 1.82) is 0 Å². The third kappa shape index (κ3) is 7.76. The van der Waals surface area contributed by atoms with Crippen LogP contribution in [0.3, 0.4) is 0 Å². The molecule has 8 heteroatoms. The number of carbonyl (C=O) groups excluding carboxylic acids is 3. The molecular weight excluding hydrogens is 384 g/mol. The largest absolute Gasteiger partial charge is 0.385 e. The number of nitrogens with zero attached hydrogens (tertiary/aromatic N) is 2. The van der Waals surface area contributed by atoms with Crippen molar-refractivity contribution in [3.05, 3.63) is 35.4 Å². The molecular formula is C22H34N4O4. The Morgan fingerprint density at radius 2 is 1.60 bits per heavy atom. The van der Waals surface area contributed by atoms with Crippen LogP contribution in [0.15, 0.2) is 24.3 Å². The Labute approximate surface area is 178 Å². The number of methoxy groups -OCH3 is 1. The maximum Gasteiger partial charge on any atom is 0.253 e. The summed E-state index contributed by atoms with van der Waals surface area (Å²) in [4.78, 5) is 40.8. The van der Waals surface area contributed by atoms with Crippen LogP contribution in [0.4, 0.5) is 0 Å². The van der Waals surface area contributed by atoms with Crippen LogP contribution in [-0.2, 0) is 9.53 Å². The lowest BCUT2D eigenvalue weighted by Gasteiger charge is -2.34. The molecule has 0 saturated carbocycles. The molecule has 0 spiro atoms. The highest BCUT2D eigenvalue weighted by atomic mass is 16.5. The lowest BCUT2D eigenvalue weighted by atomic mass is 10.1. The van der Waals surface area contributed by atoms with Gasteiger partial charge in [-0.05, 0) is 51.5 Å². The highest BCUT2D eigenvalue weighted by molar-refractivity contribution is 5.98. The molecule has 0 unspecified atom stereocenters. The van der Waals surface area contributed by atoms with Crippen LogP contribution in [-0.4, -0.2) is 86.0 Å². The van der Waals surface area contributed by atoms with Gasteiger partial charge in [0.2, 0.25) is 5.91 Å². The molecule has 3 amide bonds. The van der Waals surface area contributed by atoms with E-state index in [1.807, 2.05) is 20.8 Å². The second-order valence-corrected chi connectivity index (χ2v) is 8.55. The first-order chi connectivity index (χ1) is 14.2. The lowest BCUT2D eigenvalue weighted by molar-refractivity contribution is -0.122. The van der Waals surface area contributed by atoms with E-state index in [0.29, 0.717) is 57.0 Å². The van der Waals surface area contributed by atoms with Crippen LogP contribution in [0.2, 0.25) is 0 Å². The first kappa shape index (κ1) is 23.8. The Balaban J connectivity index is 1.79. The summed E-state index contributed by atoms with van der Waals surface area (Å²) < 4.78 is 4.96. The maximum atomic E-state index is 12.8. The molecule has 1 aliphatic heterocycles. The zero-order valence-corrected chi connectivity index (χ0v) is 18.5. The lowest BCUT2D eigenvalue weighted by Crippen LogP contribution is -2.51. The van der Waals surface area contributed by atoms with E-state index in [1.54, 1.807) is 36.3 Å². The maximum absolute atomic E-state index is 12.8. The molecule has 1 aromatic rings. The molecule has 30 heavy (non-hydrogen) atoms. The Hall–Kier alpha value is -2.45. The summed E-state index contributed by atoms with van der Waals surface area (Å²) in [5.74, 6) is -0.216. The zero-order valence-electron chi connectivity index (χ0n) is 18.5. The molecule has 0 radical (unpaired) electrons. The number of nitrogens with one attached hydrogen (secondary N) is 2. The van der Waals surface area contributed by atoms with Gasteiger partial charge in [-0.1, -0.05) is 0 Å². The quantitative estimate of drug-likeness (QED) is 0.618. The SMILES string of the molecule is COCCCNC(=O)CN1CCN(C(=O)c2ccc(C(=O)NC(C)(C)C)cc2)CC1. The fourth-order valence-corrected chi connectivity index (χ4v) is 3.17. The van der Waals surface area contributed by atoms with E-state index >= 15 is 0 Å². The van der Waals surface area contributed by atoms with Crippen molar-refractivity contribution in [2.24, 2.45) is 0 Å². The Kier molecular flexibility index (Phi) is 8.80. The second-order valence-electron chi connectivity index (χ2n) is 8.55. The summed E-state index contributed by atoms with van der Waals surface area (Å²) in [7, 11) is 1.64. The van der Waals surface area contributed by atoms with Crippen molar-refractivity contribution in [2.45, 2.75) is 32.7 Å². The molecule has 166 valence electrons. The predicted molar refractivity (Wildman–Crippen MR) is 116 cm³/mol. The summed E-state index contributed by atoms with van der Waals surface area (Å²) in [6.45, 7) is 9.80. The van der Waals surface area contributed by atoms with Crippen molar-refractivity contribution in [2.75, 3.05) is 53.0 Å². The number of amides is 3. The average molecular weight is 419 g/mol. The van der Waals surface area contributed by atoms with Gasteiger partial charge in [0.05, 0.1) is 6.54 Å². The van der Waals surface area contributed by atoms with Crippen LogP contribution < -0.4 is 10.6 Å². The van der Waals surface area contributed by atoms with Crippen LogP contribution >= 0.6 is 0 Å². The molecule has 1 aromatic carbocycles. The van der Waals surface area contributed by atoms with Crippen molar-refractivity contribution in [3.63, 3.8) is 0 Å². The first-order valence-electron chi connectivity index (χ1n) is 10.4. The molecule has 0 aliphatic carbocycles. The highest BCUT2D eigenvalue weighted by Gasteiger charge is 2.23.